The van der Waals surface area contributed by atoms with E-state index in [-0.39, 0.29) is 5.82 Å². The molecule has 0 aliphatic carbocycles. The van der Waals surface area contributed by atoms with Crippen molar-refractivity contribution in [2.75, 3.05) is 12.3 Å². The lowest BCUT2D eigenvalue weighted by molar-refractivity contribution is 0.571. The molecule has 0 saturated heterocycles. The van der Waals surface area contributed by atoms with Gasteiger partial charge in [-0.1, -0.05) is 13.0 Å². The van der Waals surface area contributed by atoms with Crippen LogP contribution in [0.1, 0.15) is 17.6 Å². The van der Waals surface area contributed by atoms with E-state index >= 15 is 0 Å². The summed E-state index contributed by atoms with van der Waals surface area (Å²) in [6.45, 7) is 5.05. The molecule has 0 fully saturated rings. The standard InChI is InChI=1S/C15H19FN2S2/c1-3-17-13(8-15-18-11(2)9-20-15)10-19-14-6-4-5-12(16)7-14/h4-7,9,13,17H,3,8,10H2,1-2H3. The molecular weight excluding hydrogens is 291 g/mol. The number of hydrogen-bond acceptors (Lipinski definition) is 4. The fourth-order valence-electron chi connectivity index (χ4n) is 1.94. The minimum atomic E-state index is -0.175. The van der Waals surface area contributed by atoms with Gasteiger partial charge >= 0.3 is 0 Å². The molecule has 1 atom stereocenters. The van der Waals surface area contributed by atoms with Gasteiger partial charge in [-0.05, 0) is 31.7 Å². The first-order chi connectivity index (χ1) is 9.67. The van der Waals surface area contributed by atoms with Crippen LogP contribution in [-0.2, 0) is 6.42 Å². The second-order valence-corrected chi connectivity index (χ2v) is 6.65. The molecule has 2 rings (SSSR count). The minimum Gasteiger partial charge on any atom is -0.313 e. The normalized spacial score (nSPS) is 12.6. The number of halogens is 1. The van der Waals surface area contributed by atoms with Crippen molar-refractivity contribution < 1.29 is 4.39 Å². The number of rotatable bonds is 7. The molecule has 1 N–H and O–H groups in total. The van der Waals surface area contributed by atoms with Crippen LogP contribution < -0.4 is 5.32 Å². The van der Waals surface area contributed by atoms with Crippen LogP contribution in [0.25, 0.3) is 0 Å². The number of nitrogens with zero attached hydrogens (tertiary/aromatic N) is 1. The third-order valence-corrected chi connectivity index (χ3v) is 4.97. The first-order valence-electron chi connectivity index (χ1n) is 6.70. The maximum Gasteiger partial charge on any atom is 0.124 e. The van der Waals surface area contributed by atoms with Crippen molar-refractivity contribution >= 4 is 23.1 Å². The SMILES string of the molecule is CCNC(CSc1cccc(F)c1)Cc1nc(C)cs1. The van der Waals surface area contributed by atoms with E-state index in [0.717, 1.165) is 34.3 Å². The summed E-state index contributed by atoms with van der Waals surface area (Å²) >= 11 is 3.39. The summed E-state index contributed by atoms with van der Waals surface area (Å²) in [5.41, 5.74) is 1.08. The fraction of sp³-hybridized carbons (Fsp3) is 0.400. The number of benzene rings is 1. The third kappa shape index (κ3) is 4.89. The Morgan fingerprint density at radius 2 is 2.30 bits per heavy atom. The Balaban J connectivity index is 1.91. The Hall–Kier alpha value is -0.910. The molecular formula is C15H19FN2S2. The van der Waals surface area contributed by atoms with Crippen LogP contribution in [0.2, 0.25) is 0 Å². The molecule has 1 aromatic heterocycles. The lowest BCUT2D eigenvalue weighted by atomic mass is 10.2. The second kappa shape index (κ2) is 7.76. The van der Waals surface area contributed by atoms with Gasteiger partial charge in [-0.25, -0.2) is 9.37 Å². The number of likely N-dealkylation sites (N-methyl/N-ethyl adjacent to an activating group) is 1. The number of nitrogens with one attached hydrogen (secondary N) is 1. The van der Waals surface area contributed by atoms with Gasteiger partial charge in [0, 0.05) is 34.2 Å². The van der Waals surface area contributed by atoms with E-state index in [9.17, 15) is 4.39 Å². The zero-order valence-electron chi connectivity index (χ0n) is 11.7. The molecule has 1 heterocycles. The van der Waals surface area contributed by atoms with E-state index in [0.29, 0.717) is 6.04 Å². The number of hydrogen-bond donors (Lipinski definition) is 1. The first kappa shape index (κ1) is 15.5. The fourth-order valence-corrected chi connectivity index (χ4v) is 3.79. The average Bonchev–Trinajstić information content (AvgIpc) is 2.82. The molecule has 0 saturated carbocycles. The highest BCUT2D eigenvalue weighted by Gasteiger charge is 2.11. The van der Waals surface area contributed by atoms with Gasteiger partial charge in [-0.3, -0.25) is 0 Å². The van der Waals surface area contributed by atoms with E-state index < -0.39 is 0 Å². The van der Waals surface area contributed by atoms with E-state index in [2.05, 4.69) is 22.6 Å². The highest BCUT2D eigenvalue weighted by molar-refractivity contribution is 7.99. The van der Waals surface area contributed by atoms with Crippen LogP contribution in [0.3, 0.4) is 0 Å². The van der Waals surface area contributed by atoms with Gasteiger partial charge in [-0.2, -0.15) is 0 Å². The quantitative estimate of drug-likeness (QED) is 0.785. The number of aromatic nitrogens is 1. The smallest absolute Gasteiger partial charge is 0.124 e. The second-order valence-electron chi connectivity index (χ2n) is 4.61. The van der Waals surface area contributed by atoms with Crippen LogP contribution in [0, 0.1) is 12.7 Å². The summed E-state index contributed by atoms with van der Waals surface area (Å²) in [5.74, 6) is 0.737. The Morgan fingerprint density at radius 3 is 2.95 bits per heavy atom. The predicted molar refractivity (Wildman–Crippen MR) is 85.1 cm³/mol. The summed E-state index contributed by atoms with van der Waals surface area (Å²) in [7, 11) is 0. The van der Waals surface area contributed by atoms with Crippen molar-refractivity contribution in [3.05, 3.63) is 46.2 Å². The molecule has 0 spiro atoms. The Labute approximate surface area is 127 Å². The molecule has 20 heavy (non-hydrogen) atoms. The molecule has 2 aromatic rings. The van der Waals surface area contributed by atoms with Crippen molar-refractivity contribution in [1.29, 1.82) is 0 Å². The molecule has 2 nitrogen and oxygen atoms in total. The monoisotopic (exact) mass is 310 g/mol. The van der Waals surface area contributed by atoms with Gasteiger partial charge < -0.3 is 5.32 Å². The Bertz CT molecular complexity index is 542. The molecule has 0 amide bonds. The van der Waals surface area contributed by atoms with Crippen molar-refractivity contribution in [3.8, 4) is 0 Å². The van der Waals surface area contributed by atoms with Crippen LogP contribution >= 0.6 is 23.1 Å². The van der Waals surface area contributed by atoms with E-state index in [1.165, 1.54) is 6.07 Å². The molecule has 1 unspecified atom stereocenters. The molecule has 0 aliphatic rings. The third-order valence-electron chi connectivity index (χ3n) is 2.83. The van der Waals surface area contributed by atoms with Gasteiger partial charge in [0.05, 0.1) is 5.01 Å². The minimum absolute atomic E-state index is 0.175. The van der Waals surface area contributed by atoms with Crippen LogP contribution in [0.4, 0.5) is 4.39 Å². The zero-order valence-corrected chi connectivity index (χ0v) is 13.4. The van der Waals surface area contributed by atoms with Crippen LogP contribution in [0.5, 0.6) is 0 Å². The van der Waals surface area contributed by atoms with E-state index in [1.807, 2.05) is 13.0 Å². The first-order valence-corrected chi connectivity index (χ1v) is 8.56. The van der Waals surface area contributed by atoms with Crippen molar-refractivity contribution in [2.45, 2.75) is 31.2 Å². The van der Waals surface area contributed by atoms with E-state index in [1.54, 1.807) is 35.2 Å². The topological polar surface area (TPSA) is 24.9 Å². The summed E-state index contributed by atoms with van der Waals surface area (Å²) in [5, 5.41) is 6.72. The number of thiazole rings is 1. The molecule has 0 aliphatic heterocycles. The number of aryl methyl sites for hydroxylation is 1. The van der Waals surface area contributed by atoms with Crippen LogP contribution in [0.15, 0.2) is 34.5 Å². The van der Waals surface area contributed by atoms with Gasteiger partial charge in [0.1, 0.15) is 5.82 Å². The van der Waals surface area contributed by atoms with Gasteiger partial charge in [0.15, 0.2) is 0 Å². The summed E-state index contributed by atoms with van der Waals surface area (Å²) in [6.07, 6.45) is 0.925. The molecule has 1 aromatic carbocycles. The average molecular weight is 310 g/mol. The summed E-state index contributed by atoms with van der Waals surface area (Å²) in [4.78, 5) is 5.49. The lowest BCUT2D eigenvalue weighted by Gasteiger charge is -2.16. The highest BCUT2D eigenvalue weighted by Crippen LogP contribution is 2.21. The van der Waals surface area contributed by atoms with Gasteiger partial charge in [-0.15, -0.1) is 23.1 Å². The molecule has 0 bridgehead atoms. The molecule has 5 heteroatoms. The predicted octanol–water partition coefficient (Wildman–Crippen LogP) is 3.90. The highest BCUT2D eigenvalue weighted by atomic mass is 32.2. The molecule has 108 valence electrons. The number of thioether (sulfide) groups is 1. The summed E-state index contributed by atoms with van der Waals surface area (Å²) in [6, 6.07) is 7.12. The summed E-state index contributed by atoms with van der Waals surface area (Å²) < 4.78 is 13.2. The van der Waals surface area contributed by atoms with Gasteiger partial charge in [0.25, 0.3) is 0 Å². The van der Waals surface area contributed by atoms with Crippen molar-refractivity contribution in [2.24, 2.45) is 0 Å². The lowest BCUT2D eigenvalue weighted by Crippen LogP contribution is -2.33. The largest absolute Gasteiger partial charge is 0.313 e. The van der Waals surface area contributed by atoms with Crippen LogP contribution in [-0.4, -0.2) is 23.3 Å². The van der Waals surface area contributed by atoms with E-state index in [4.69, 9.17) is 0 Å². The van der Waals surface area contributed by atoms with Crippen molar-refractivity contribution in [3.63, 3.8) is 0 Å². The Kier molecular flexibility index (Phi) is 6.01. The van der Waals surface area contributed by atoms with Gasteiger partial charge in [0.2, 0.25) is 0 Å². The van der Waals surface area contributed by atoms with Crippen molar-refractivity contribution in [1.82, 2.24) is 10.3 Å². The zero-order chi connectivity index (χ0) is 14.4. The Morgan fingerprint density at radius 1 is 1.45 bits per heavy atom. The maximum atomic E-state index is 13.2. The maximum absolute atomic E-state index is 13.2. The molecule has 0 radical (unpaired) electrons.